The van der Waals surface area contributed by atoms with Gasteiger partial charge in [-0.2, -0.15) is 0 Å². The molecule has 0 bridgehead atoms. The molecule has 0 aromatic carbocycles. The Morgan fingerprint density at radius 3 is 2.53 bits per heavy atom. The number of unbranched alkanes of at least 4 members (excludes halogenated alkanes) is 1. The number of aliphatic hydroxyl groups is 1. The minimum Gasteiger partial charge on any atom is -0.466 e. The number of hydrogen-bond donors (Lipinski definition) is 1. The van der Waals surface area contributed by atoms with Crippen molar-refractivity contribution in [2.24, 2.45) is 0 Å². The largest absolute Gasteiger partial charge is 0.466 e. The maximum atomic E-state index is 11.0. The van der Waals surface area contributed by atoms with Crippen LogP contribution in [0.4, 0.5) is 0 Å². The molecule has 1 atom stereocenters. The van der Waals surface area contributed by atoms with Gasteiger partial charge in [-0.25, -0.2) is 0 Å². The summed E-state index contributed by atoms with van der Waals surface area (Å²) in [5.41, 5.74) is 0. The lowest BCUT2D eigenvalue weighted by Crippen LogP contribution is -2.18. The van der Waals surface area contributed by atoms with Gasteiger partial charge in [0.15, 0.2) is 0 Å². The molecule has 0 aliphatic rings. The van der Waals surface area contributed by atoms with Crippen LogP contribution in [0.3, 0.4) is 0 Å². The summed E-state index contributed by atoms with van der Waals surface area (Å²) < 4.78 is 9.61. The van der Waals surface area contributed by atoms with Gasteiger partial charge in [0.2, 0.25) is 0 Å². The summed E-state index contributed by atoms with van der Waals surface area (Å²) >= 11 is 0. The second-order valence-corrected chi connectivity index (χ2v) is 3.92. The second-order valence-electron chi connectivity index (χ2n) is 3.92. The van der Waals surface area contributed by atoms with E-state index in [9.17, 15) is 14.7 Å². The minimum atomic E-state index is -0.631. The lowest BCUT2D eigenvalue weighted by molar-refractivity contribution is -0.147. The van der Waals surface area contributed by atoms with Crippen molar-refractivity contribution < 1.29 is 24.2 Å². The zero-order chi connectivity index (χ0) is 13.1. The fourth-order valence-corrected chi connectivity index (χ4v) is 1.25. The minimum absolute atomic E-state index is 0.0480. The number of hydrogen-bond acceptors (Lipinski definition) is 5. The third-order valence-electron chi connectivity index (χ3n) is 2.13. The zero-order valence-corrected chi connectivity index (χ0v) is 10.6. The molecule has 0 aromatic rings. The lowest BCUT2D eigenvalue weighted by Gasteiger charge is -2.10. The SMILES string of the molecule is CCCC(=O)OC[C@@H](O)CCCCOC(C)=O. The molecule has 0 unspecified atom stereocenters. The van der Waals surface area contributed by atoms with E-state index in [1.807, 2.05) is 6.92 Å². The summed E-state index contributed by atoms with van der Waals surface area (Å²) in [6, 6.07) is 0. The number of carbonyl (C=O) groups excluding carboxylic acids is 2. The fourth-order valence-electron chi connectivity index (χ4n) is 1.25. The van der Waals surface area contributed by atoms with Crippen molar-refractivity contribution >= 4 is 11.9 Å². The van der Waals surface area contributed by atoms with E-state index in [-0.39, 0.29) is 18.5 Å². The standard InChI is InChI=1S/C12H22O5/c1-3-6-12(15)17-9-11(14)7-4-5-8-16-10(2)13/h11,14H,3-9H2,1-2H3/t11-/m0/s1. The quantitative estimate of drug-likeness (QED) is 0.492. The monoisotopic (exact) mass is 246 g/mol. The Bertz CT molecular complexity index is 227. The van der Waals surface area contributed by atoms with Gasteiger partial charge in [0.25, 0.3) is 0 Å². The molecule has 0 saturated heterocycles. The van der Waals surface area contributed by atoms with Gasteiger partial charge in [-0.1, -0.05) is 6.92 Å². The summed E-state index contributed by atoms with van der Waals surface area (Å²) in [6.07, 6.45) is 2.49. The topological polar surface area (TPSA) is 72.8 Å². The van der Waals surface area contributed by atoms with Crippen LogP contribution in [0.2, 0.25) is 0 Å². The third kappa shape index (κ3) is 11.2. The van der Waals surface area contributed by atoms with E-state index in [0.29, 0.717) is 25.9 Å². The van der Waals surface area contributed by atoms with Crippen LogP contribution in [0.15, 0.2) is 0 Å². The van der Waals surface area contributed by atoms with Gasteiger partial charge in [-0.15, -0.1) is 0 Å². The van der Waals surface area contributed by atoms with Gasteiger partial charge in [-0.3, -0.25) is 9.59 Å². The van der Waals surface area contributed by atoms with Gasteiger partial charge < -0.3 is 14.6 Å². The zero-order valence-electron chi connectivity index (χ0n) is 10.6. The normalized spacial score (nSPS) is 11.9. The van der Waals surface area contributed by atoms with E-state index in [1.54, 1.807) is 0 Å². The molecule has 0 heterocycles. The van der Waals surface area contributed by atoms with Crippen molar-refractivity contribution in [2.45, 2.75) is 52.1 Å². The molecule has 0 radical (unpaired) electrons. The Labute approximate surface area is 102 Å². The van der Waals surface area contributed by atoms with Crippen LogP contribution in [-0.2, 0) is 19.1 Å². The smallest absolute Gasteiger partial charge is 0.305 e. The van der Waals surface area contributed by atoms with Crippen molar-refractivity contribution in [3.63, 3.8) is 0 Å². The van der Waals surface area contributed by atoms with Gasteiger partial charge in [0, 0.05) is 13.3 Å². The Balaban J connectivity index is 3.37. The van der Waals surface area contributed by atoms with Crippen LogP contribution in [0, 0.1) is 0 Å². The van der Waals surface area contributed by atoms with Crippen LogP contribution < -0.4 is 0 Å². The summed E-state index contributed by atoms with van der Waals surface area (Å²) in [7, 11) is 0. The van der Waals surface area contributed by atoms with Crippen LogP contribution in [0.25, 0.3) is 0 Å². The van der Waals surface area contributed by atoms with Crippen LogP contribution >= 0.6 is 0 Å². The Morgan fingerprint density at radius 2 is 1.94 bits per heavy atom. The van der Waals surface area contributed by atoms with E-state index >= 15 is 0 Å². The molecule has 0 aromatic heterocycles. The molecule has 0 spiro atoms. The summed E-state index contributed by atoms with van der Waals surface area (Å²) in [6.45, 7) is 3.68. The molecule has 0 aliphatic carbocycles. The molecular formula is C12H22O5. The molecule has 0 fully saturated rings. The molecule has 5 nitrogen and oxygen atoms in total. The molecule has 1 N–H and O–H groups in total. The molecule has 0 rings (SSSR count). The van der Waals surface area contributed by atoms with Crippen molar-refractivity contribution in [3.05, 3.63) is 0 Å². The summed E-state index contributed by atoms with van der Waals surface area (Å²) in [4.78, 5) is 21.5. The predicted octanol–water partition coefficient (Wildman–Crippen LogP) is 1.42. The third-order valence-corrected chi connectivity index (χ3v) is 2.13. The Kier molecular flexibility index (Phi) is 9.43. The van der Waals surface area contributed by atoms with Crippen molar-refractivity contribution in [1.29, 1.82) is 0 Å². The van der Waals surface area contributed by atoms with Crippen LogP contribution in [0.5, 0.6) is 0 Å². The number of aliphatic hydroxyl groups excluding tert-OH is 1. The van der Waals surface area contributed by atoms with Gasteiger partial charge in [-0.05, 0) is 25.7 Å². The fraction of sp³-hybridized carbons (Fsp3) is 0.833. The maximum Gasteiger partial charge on any atom is 0.305 e. The number of ether oxygens (including phenoxy) is 2. The van der Waals surface area contributed by atoms with Crippen molar-refractivity contribution in [2.75, 3.05) is 13.2 Å². The Morgan fingerprint density at radius 1 is 1.24 bits per heavy atom. The highest BCUT2D eigenvalue weighted by Gasteiger charge is 2.08. The first kappa shape index (κ1) is 15.9. The molecule has 0 aliphatic heterocycles. The molecule has 17 heavy (non-hydrogen) atoms. The van der Waals surface area contributed by atoms with Crippen LogP contribution in [-0.4, -0.2) is 36.4 Å². The average molecular weight is 246 g/mol. The number of esters is 2. The highest BCUT2D eigenvalue weighted by Crippen LogP contribution is 2.03. The maximum absolute atomic E-state index is 11.0. The van der Waals surface area contributed by atoms with Gasteiger partial charge >= 0.3 is 11.9 Å². The number of rotatable bonds is 9. The highest BCUT2D eigenvalue weighted by molar-refractivity contribution is 5.69. The highest BCUT2D eigenvalue weighted by atomic mass is 16.5. The van der Waals surface area contributed by atoms with Crippen LogP contribution in [0.1, 0.15) is 46.0 Å². The second kappa shape index (κ2) is 10.1. The molecule has 100 valence electrons. The molecule has 0 saturated carbocycles. The van der Waals surface area contributed by atoms with Gasteiger partial charge in [0.05, 0.1) is 12.7 Å². The Hall–Kier alpha value is -1.10. The lowest BCUT2D eigenvalue weighted by atomic mass is 10.2. The van der Waals surface area contributed by atoms with E-state index in [1.165, 1.54) is 6.92 Å². The van der Waals surface area contributed by atoms with E-state index in [2.05, 4.69) is 0 Å². The van der Waals surface area contributed by atoms with Gasteiger partial charge in [0.1, 0.15) is 6.61 Å². The van der Waals surface area contributed by atoms with E-state index in [0.717, 1.165) is 12.8 Å². The average Bonchev–Trinajstić information content (AvgIpc) is 2.26. The molecular weight excluding hydrogens is 224 g/mol. The molecule has 0 amide bonds. The van der Waals surface area contributed by atoms with Crippen molar-refractivity contribution in [1.82, 2.24) is 0 Å². The molecule has 5 heteroatoms. The van der Waals surface area contributed by atoms with E-state index < -0.39 is 6.10 Å². The first-order valence-electron chi connectivity index (χ1n) is 6.03. The predicted molar refractivity (Wildman–Crippen MR) is 62.4 cm³/mol. The van der Waals surface area contributed by atoms with E-state index in [4.69, 9.17) is 9.47 Å². The van der Waals surface area contributed by atoms with Crippen molar-refractivity contribution in [3.8, 4) is 0 Å². The summed E-state index contributed by atoms with van der Waals surface area (Å²) in [5, 5.41) is 9.49. The number of carbonyl (C=O) groups is 2. The first-order chi connectivity index (χ1) is 8.06. The summed E-state index contributed by atoms with van der Waals surface area (Å²) in [5.74, 6) is -0.564. The first-order valence-corrected chi connectivity index (χ1v) is 6.03.